The summed E-state index contributed by atoms with van der Waals surface area (Å²) in [5.41, 5.74) is 6.27. The predicted octanol–water partition coefficient (Wildman–Crippen LogP) is 10.5. The van der Waals surface area contributed by atoms with E-state index in [4.69, 9.17) is 31.4 Å². The summed E-state index contributed by atoms with van der Waals surface area (Å²) >= 11 is 0. The van der Waals surface area contributed by atoms with Crippen LogP contribution in [0.3, 0.4) is 0 Å². The Morgan fingerprint density at radius 3 is 1.61 bits per heavy atom. The van der Waals surface area contributed by atoms with E-state index in [1.54, 1.807) is 4.57 Å². The minimum absolute atomic E-state index is 0.0347. The third-order valence-corrected chi connectivity index (χ3v) is 11.2. The summed E-state index contributed by atoms with van der Waals surface area (Å²) < 4.78 is 1.79. The van der Waals surface area contributed by atoms with Crippen molar-refractivity contribution in [2.75, 3.05) is 0 Å². The summed E-state index contributed by atoms with van der Waals surface area (Å²) in [4.78, 5) is 4.68. The number of rotatable bonds is 6. The number of hydrogen-bond acceptors (Lipinski definition) is 2. The molecule has 0 amide bonds. The van der Waals surface area contributed by atoms with E-state index in [1.165, 1.54) is 59.8 Å². The van der Waals surface area contributed by atoms with E-state index in [9.17, 15) is 5.11 Å². The van der Waals surface area contributed by atoms with Gasteiger partial charge in [-0.2, -0.15) is 0 Å². The van der Waals surface area contributed by atoms with E-state index in [0.29, 0.717) is 5.52 Å². The Labute approximate surface area is 330 Å². The summed E-state index contributed by atoms with van der Waals surface area (Å²) in [5.74, 6) is 0.0347. The van der Waals surface area contributed by atoms with Crippen LogP contribution >= 0.6 is 0 Å². The van der Waals surface area contributed by atoms with Gasteiger partial charge in [0.15, 0.2) is 0 Å². The third kappa shape index (κ3) is 5.26. The molecule has 56 heavy (non-hydrogen) atoms. The number of imidazole rings is 1. The lowest BCUT2D eigenvalue weighted by Gasteiger charge is -2.39. The number of nitrogens with zero attached hydrogens (tertiary/aromatic N) is 2. The molecule has 1 unspecified atom stereocenters. The fourth-order valence-corrected chi connectivity index (χ4v) is 8.44. The van der Waals surface area contributed by atoms with Crippen molar-refractivity contribution in [3.63, 3.8) is 0 Å². The van der Waals surface area contributed by atoms with Crippen LogP contribution in [0.1, 0.15) is 5.82 Å². The molecular weight excluding hydrogens is 676 g/mol. The van der Waals surface area contributed by atoms with E-state index in [2.05, 4.69) is 132 Å². The maximum atomic E-state index is 11.5. The fraction of sp³-hybridized carbons (Fsp3) is 0.0408. The van der Waals surface area contributed by atoms with Crippen molar-refractivity contribution in [1.29, 1.82) is 0 Å². The first-order valence-electron chi connectivity index (χ1n) is 18.6. The molecule has 9 aromatic carbocycles. The molecule has 0 saturated carbocycles. The highest BCUT2D eigenvalue weighted by Crippen LogP contribution is 2.47. The molecule has 1 atom stereocenters. The second kappa shape index (κ2) is 12.9. The van der Waals surface area contributed by atoms with Gasteiger partial charge in [0, 0.05) is 5.56 Å². The molecule has 8 radical (unpaired) electrons. The standard InChI is InChI=1S/C49H30B4N2O/c50-48(56,49(51,52)53)47-54-42-22-10-12-24-44(42)55(47)43-23-11-9-15-34(43)30-25-27-31(28-26-30)45-37-18-5-7-20-39(37)46(40-21-8-6-19-38(40)45)41-29-32-13-1-2-14-33(32)35-16-3-4-17-36(35)41/h1-29,56H. The molecule has 0 saturated heterocycles. The second-order valence-corrected chi connectivity index (χ2v) is 14.6. The Kier molecular flexibility index (Phi) is 7.88. The van der Waals surface area contributed by atoms with Gasteiger partial charge in [-0.15, -0.1) is 5.11 Å². The van der Waals surface area contributed by atoms with Crippen LogP contribution in [0.4, 0.5) is 0 Å². The van der Waals surface area contributed by atoms with Crippen molar-refractivity contribution in [2.24, 2.45) is 0 Å². The van der Waals surface area contributed by atoms with Gasteiger partial charge in [0.25, 0.3) is 0 Å². The normalized spacial score (nSPS) is 13.2. The smallest absolute Gasteiger partial charge is 0.135 e. The number of hydrogen-bond donors (Lipinski definition) is 1. The van der Waals surface area contributed by atoms with Crippen LogP contribution in [0.5, 0.6) is 0 Å². The predicted molar refractivity (Wildman–Crippen MR) is 237 cm³/mol. The van der Waals surface area contributed by atoms with Crippen LogP contribution in [0.2, 0.25) is 5.11 Å². The molecule has 0 bridgehead atoms. The summed E-state index contributed by atoms with van der Waals surface area (Å²) in [7, 11) is 24.5. The van der Waals surface area contributed by atoms with Crippen molar-refractivity contribution in [1.82, 2.24) is 9.55 Å². The van der Waals surface area contributed by atoms with Gasteiger partial charge in [0.1, 0.15) is 13.7 Å². The van der Waals surface area contributed by atoms with E-state index < -0.39 is 10.6 Å². The van der Waals surface area contributed by atoms with E-state index in [-0.39, 0.29) is 5.82 Å². The van der Waals surface area contributed by atoms with Crippen molar-refractivity contribution >= 4 is 85.5 Å². The molecule has 0 spiro atoms. The number of aromatic nitrogens is 2. The van der Waals surface area contributed by atoms with Crippen LogP contribution in [0.25, 0.3) is 93.2 Å². The average Bonchev–Trinajstić information content (AvgIpc) is 3.63. The van der Waals surface area contributed by atoms with E-state index >= 15 is 0 Å². The van der Waals surface area contributed by atoms with Gasteiger partial charge in [0.2, 0.25) is 0 Å². The molecule has 1 heterocycles. The zero-order chi connectivity index (χ0) is 38.2. The summed E-state index contributed by atoms with van der Waals surface area (Å²) in [5, 5.41) is 19.0. The Balaban J connectivity index is 1.17. The first kappa shape index (κ1) is 34.2. The lowest BCUT2D eigenvalue weighted by atomic mass is 9.32. The molecule has 0 aliphatic rings. The number of benzene rings is 9. The monoisotopic (exact) mass is 706 g/mol. The Morgan fingerprint density at radius 2 is 0.946 bits per heavy atom. The zero-order valence-electron chi connectivity index (χ0n) is 30.4. The summed E-state index contributed by atoms with van der Waals surface area (Å²) in [6, 6.07) is 61.3. The van der Waals surface area contributed by atoms with Crippen LogP contribution in [0.15, 0.2) is 176 Å². The molecule has 0 aliphatic heterocycles. The quantitative estimate of drug-likeness (QED) is 0.106. The molecular formula is C49H30B4N2O. The van der Waals surface area contributed by atoms with Crippen LogP contribution < -0.4 is 0 Å². The van der Waals surface area contributed by atoms with Crippen LogP contribution in [-0.4, -0.2) is 46.0 Å². The van der Waals surface area contributed by atoms with Crippen molar-refractivity contribution in [2.45, 2.75) is 10.6 Å². The maximum absolute atomic E-state index is 11.5. The minimum Gasteiger partial charge on any atom is -0.394 e. The Morgan fingerprint density at radius 1 is 0.446 bits per heavy atom. The molecule has 1 N–H and O–H groups in total. The van der Waals surface area contributed by atoms with Crippen molar-refractivity contribution in [3.8, 4) is 39.1 Å². The third-order valence-electron chi connectivity index (χ3n) is 11.2. The molecule has 1 aromatic heterocycles. The largest absolute Gasteiger partial charge is 0.394 e. The average molecular weight is 706 g/mol. The van der Waals surface area contributed by atoms with Crippen molar-refractivity contribution in [3.05, 3.63) is 182 Å². The molecule has 254 valence electrons. The maximum Gasteiger partial charge on any atom is 0.135 e. The zero-order valence-corrected chi connectivity index (χ0v) is 30.4. The molecule has 0 fully saturated rings. The van der Waals surface area contributed by atoms with Crippen LogP contribution in [0, 0.1) is 0 Å². The van der Waals surface area contributed by atoms with Gasteiger partial charge >= 0.3 is 0 Å². The first-order valence-corrected chi connectivity index (χ1v) is 18.6. The second-order valence-electron chi connectivity index (χ2n) is 14.6. The molecule has 3 nitrogen and oxygen atoms in total. The van der Waals surface area contributed by atoms with Gasteiger partial charge < -0.3 is 5.11 Å². The number of para-hydroxylation sites is 3. The van der Waals surface area contributed by atoms with Gasteiger partial charge in [0.05, 0.1) is 45.8 Å². The molecule has 10 aromatic rings. The SMILES string of the molecule is [B]C([B])([B])C([B])(O)c1nc2ccccc2n1-c1ccccc1-c1ccc(-c2c3ccccc3c(-c3cc4ccccc4c4ccccc34)c3ccccc23)cc1. The molecule has 0 aliphatic carbocycles. The summed E-state index contributed by atoms with van der Waals surface area (Å²) in [6.07, 6.45) is 0. The van der Waals surface area contributed by atoms with Crippen molar-refractivity contribution < 1.29 is 5.11 Å². The van der Waals surface area contributed by atoms with Gasteiger partial charge in [-0.25, -0.2) is 4.98 Å². The number of fused-ring (bicyclic) bond motifs is 6. The van der Waals surface area contributed by atoms with E-state index in [0.717, 1.165) is 27.9 Å². The summed E-state index contributed by atoms with van der Waals surface area (Å²) in [6.45, 7) is 0. The number of aliphatic hydroxyl groups is 1. The van der Waals surface area contributed by atoms with Gasteiger partial charge in [-0.1, -0.05) is 152 Å². The van der Waals surface area contributed by atoms with Crippen LogP contribution in [-0.2, 0) is 5.50 Å². The van der Waals surface area contributed by atoms with E-state index in [1.807, 2.05) is 48.5 Å². The first-order chi connectivity index (χ1) is 27.2. The highest BCUT2D eigenvalue weighted by atomic mass is 16.3. The fourth-order valence-electron chi connectivity index (χ4n) is 8.44. The molecule has 10 rings (SSSR count). The minimum atomic E-state index is -2.36. The topological polar surface area (TPSA) is 38.1 Å². The Bertz CT molecular complexity index is 3110. The highest BCUT2D eigenvalue weighted by molar-refractivity contribution is 6.62. The van der Waals surface area contributed by atoms with Gasteiger partial charge in [-0.3, -0.25) is 4.57 Å². The van der Waals surface area contributed by atoms with Gasteiger partial charge in [-0.05, 0) is 95.2 Å². The molecule has 7 heteroatoms. The lowest BCUT2D eigenvalue weighted by molar-refractivity contribution is 0.118. The highest BCUT2D eigenvalue weighted by Gasteiger charge is 2.39. The Hall–Kier alpha value is -6.29. The lowest BCUT2D eigenvalue weighted by Crippen LogP contribution is -2.44.